The van der Waals surface area contributed by atoms with Crippen LogP contribution >= 0.6 is 0 Å². The number of cyclic esters (lactones) is 1. The third-order valence-corrected chi connectivity index (χ3v) is 6.61. The third-order valence-electron chi connectivity index (χ3n) is 6.61. The molecule has 6 heteroatoms. The Morgan fingerprint density at radius 3 is 2.55 bits per heavy atom. The molecular formula is C23H29NO5. The summed E-state index contributed by atoms with van der Waals surface area (Å²) in [6.45, 7) is 3.09. The Hall–Kier alpha value is -2.37. The normalized spacial score (nSPS) is 30.0. The second-order valence-electron chi connectivity index (χ2n) is 8.43. The highest BCUT2D eigenvalue weighted by molar-refractivity contribution is 6.01. The molecule has 0 radical (unpaired) electrons. The second-order valence-corrected chi connectivity index (χ2v) is 8.43. The van der Waals surface area contributed by atoms with E-state index in [0.29, 0.717) is 19.0 Å². The van der Waals surface area contributed by atoms with E-state index in [0.717, 1.165) is 18.4 Å². The van der Waals surface area contributed by atoms with Gasteiger partial charge in [0.25, 0.3) is 0 Å². The molecular weight excluding hydrogens is 370 g/mol. The summed E-state index contributed by atoms with van der Waals surface area (Å²) in [7, 11) is 0. The Morgan fingerprint density at radius 2 is 1.86 bits per heavy atom. The zero-order chi connectivity index (χ0) is 20.4. The van der Waals surface area contributed by atoms with Gasteiger partial charge in [0, 0.05) is 19.0 Å². The lowest BCUT2D eigenvalue weighted by Crippen LogP contribution is -2.46. The van der Waals surface area contributed by atoms with Crippen LogP contribution in [0.1, 0.15) is 50.7 Å². The van der Waals surface area contributed by atoms with Crippen LogP contribution in [0.15, 0.2) is 30.3 Å². The highest BCUT2D eigenvalue weighted by Crippen LogP contribution is 2.46. The smallest absolute Gasteiger partial charge is 0.321 e. The average molecular weight is 399 g/mol. The molecule has 0 aromatic heterocycles. The molecule has 3 aliphatic rings. The number of ether oxygens (including phenoxy) is 2. The number of carbonyl (C=O) groups excluding carboxylic acids is 3. The molecule has 4 rings (SSSR count). The van der Waals surface area contributed by atoms with Gasteiger partial charge >= 0.3 is 11.9 Å². The van der Waals surface area contributed by atoms with Gasteiger partial charge < -0.3 is 14.4 Å². The van der Waals surface area contributed by atoms with Gasteiger partial charge in [-0.05, 0) is 31.2 Å². The molecule has 29 heavy (non-hydrogen) atoms. The van der Waals surface area contributed by atoms with E-state index in [-0.39, 0.29) is 18.4 Å². The van der Waals surface area contributed by atoms with Crippen molar-refractivity contribution in [2.75, 3.05) is 19.7 Å². The number of nitrogens with zero attached hydrogens (tertiary/aromatic N) is 1. The summed E-state index contributed by atoms with van der Waals surface area (Å²) >= 11 is 0. The molecule has 3 fully saturated rings. The molecule has 1 aromatic carbocycles. The molecule has 4 atom stereocenters. The van der Waals surface area contributed by atoms with Crippen LogP contribution < -0.4 is 0 Å². The zero-order valence-corrected chi connectivity index (χ0v) is 16.9. The van der Waals surface area contributed by atoms with Gasteiger partial charge in [-0.25, -0.2) is 0 Å². The van der Waals surface area contributed by atoms with Crippen LogP contribution in [-0.2, 0) is 23.9 Å². The third kappa shape index (κ3) is 3.89. The molecule has 0 spiro atoms. The Morgan fingerprint density at radius 1 is 1.14 bits per heavy atom. The van der Waals surface area contributed by atoms with Crippen LogP contribution in [0.4, 0.5) is 0 Å². The number of hydrogen-bond acceptors (Lipinski definition) is 5. The minimum Gasteiger partial charge on any atom is -0.465 e. The summed E-state index contributed by atoms with van der Waals surface area (Å²) in [5.74, 6) is -3.00. The predicted octanol–water partition coefficient (Wildman–Crippen LogP) is 3.12. The Kier molecular flexibility index (Phi) is 5.88. The molecule has 2 saturated heterocycles. The van der Waals surface area contributed by atoms with Gasteiger partial charge in [-0.1, -0.05) is 49.6 Å². The van der Waals surface area contributed by atoms with E-state index in [2.05, 4.69) is 0 Å². The van der Waals surface area contributed by atoms with Crippen molar-refractivity contribution in [2.45, 2.75) is 45.1 Å². The summed E-state index contributed by atoms with van der Waals surface area (Å²) in [6.07, 6.45) is 5.44. The number of fused-ring (bicyclic) bond motifs is 1. The van der Waals surface area contributed by atoms with Gasteiger partial charge in [-0.15, -0.1) is 0 Å². The molecule has 1 aromatic rings. The van der Waals surface area contributed by atoms with Crippen LogP contribution in [0.2, 0.25) is 0 Å². The Balaban J connectivity index is 1.62. The van der Waals surface area contributed by atoms with E-state index >= 15 is 0 Å². The fraction of sp³-hybridized carbons (Fsp3) is 0.609. The van der Waals surface area contributed by atoms with Gasteiger partial charge in [0.05, 0.1) is 12.5 Å². The van der Waals surface area contributed by atoms with Crippen molar-refractivity contribution in [3.63, 3.8) is 0 Å². The van der Waals surface area contributed by atoms with Crippen molar-refractivity contribution >= 4 is 17.8 Å². The summed E-state index contributed by atoms with van der Waals surface area (Å²) in [6, 6.07) is 9.52. The van der Waals surface area contributed by atoms with E-state index in [1.165, 1.54) is 19.3 Å². The molecule has 2 aliphatic heterocycles. The van der Waals surface area contributed by atoms with Gasteiger partial charge in [-0.2, -0.15) is 0 Å². The molecule has 2 heterocycles. The van der Waals surface area contributed by atoms with E-state index in [4.69, 9.17) is 9.47 Å². The monoisotopic (exact) mass is 399 g/mol. The van der Waals surface area contributed by atoms with Crippen LogP contribution in [-0.4, -0.2) is 42.4 Å². The van der Waals surface area contributed by atoms with Crippen LogP contribution in [0.5, 0.6) is 0 Å². The average Bonchev–Trinajstić information content (AvgIpc) is 3.05. The maximum Gasteiger partial charge on any atom is 0.321 e. The number of rotatable bonds is 5. The molecule has 156 valence electrons. The van der Waals surface area contributed by atoms with Crippen molar-refractivity contribution in [2.24, 2.45) is 23.7 Å². The fourth-order valence-corrected chi connectivity index (χ4v) is 5.24. The highest BCUT2D eigenvalue weighted by atomic mass is 16.6. The molecule has 0 N–H and O–H groups in total. The standard InChI is InChI=1S/C23H29NO5/c1-2-28-22(26)19-18-17(20(29-23(19)27)16-11-7-4-8-12-16)14-24(21(18)25)13-15-9-5-3-6-10-15/h4,7-8,11-12,15,17-20H,2-3,5-6,9-10,13-14H2,1H3/t17-,18+,19+,20+/m1/s1. The number of amides is 1. The molecule has 0 bridgehead atoms. The summed E-state index contributed by atoms with van der Waals surface area (Å²) in [4.78, 5) is 40.6. The van der Waals surface area contributed by atoms with E-state index in [1.807, 2.05) is 35.2 Å². The van der Waals surface area contributed by atoms with Crippen molar-refractivity contribution < 1.29 is 23.9 Å². The van der Waals surface area contributed by atoms with Crippen LogP contribution in [0.3, 0.4) is 0 Å². The number of likely N-dealkylation sites (tertiary alicyclic amines) is 1. The molecule has 6 nitrogen and oxygen atoms in total. The maximum absolute atomic E-state index is 13.4. The van der Waals surface area contributed by atoms with Crippen molar-refractivity contribution in [1.82, 2.24) is 4.90 Å². The van der Waals surface area contributed by atoms with Gasteiger partial charge in [-0.3, -0.25) is 14.4 Å². The first-order chi connectivity index (χ1) is 14.1. The lowest BCUT2D eigenvalue weighted by atomic mass is 9.76. The second kappa shape index (κ2) is 8.56. The van der Waals surface area contributed by atoms with Crippen molar-refractivity contribution in [3.8, 4) is 0 Å². The van der Waals surface area contributed by atoms with Crippen LogP contribution in [0, 0.1) is 23.7 Å². The van der Waals surface area contributed by atoms with E-state index in [1.54, 1.807) is 6.92 Å². The maximum atomic E-state index is 13.4. The largest absolute Gasteiger partial charge is 0.465 e. The van der Waals surface area contributed by atoms with Gasteiger partial charge in [0.15, 0.2) is 5.92 Å². The summed E-state index contributed by atoms with van der Waals surface area (Å²) < 4.78 is 10.9. The molecule has 1 aliphatic carbocycles. The topological polar surface area (TPSA) is 72.9 Å². The van der Waals surface area contributed by atoms with E-state index < -0.39 is 29.9 Å². The number of hydrogen-bond donors (Lipinski definition) is 0. The number of benzene rings is 1. The lowest BCUT2D eigenvalue weighted by molar-refractivity contribution is -0.182. The first kappa shape index (κ1) is 19.9. The first-order valence-electron chi connectivity index (χ1n) is 10.8. The first-order valence-corrected chi connectivity index (χ1v) is 10.8. The highest BCUT2D eigenvalue weighted by Gasteiger charge is 2.58. The summed E-state index contributed by atoms with van der Waals surface area (Å²) in [5, 5.41) is 0. The predicted molar refractivity (Wildman–Crippen MR) is 106 cm³/mol. The molecule has 1 amide bonds. The number of esters is 2. The summed E-state index contributed by atoms with van der Waals surface area (Å²) in [5.41, 5.74) is 0.866. The van der Waals surface area contributed by atoms with Crippen molar-refractivity contribution in [3.05, 3.63) is 35.9 Å². The van der Waals surface area contributed by atoms with Gasteiger partial charge in [0.2, 0.25) is 5.91 Å². The van der Waals surface area contributed by atoms with Crippen molar-refractivity contribution in [1.29, 1.82) is 0 Å². The van der Waals surface area contributed by atoms with E-state index in [9.17, 15) is 14.4 Å². The molecule has 1 saturated carbocycles. The Bertz CT molecular complexity index is 758. The Labute approximate surface area is 171 Å². The lowest BCUT2D eigenvalue weighted by Gasteiger charge is -2.35. The molecule has 0 unspecified atom stereocenters. The minimum absolute atomic E-state index is 0.101. The fourth-order valence-electron chi connectivity index (χ4n) is 5.24. The van der Waals surface area contributed by atoms with Crippen LogP contribution in [0.25, 0.3) is 0 Å². The number of carbonyl (C=O) groups is 3. The SMILES string of the molecule is CCOC(=O)[C@H]1C(=O)O[C@@H](c2ccccc2)[C@@H]2CN(CC3CCCCC3)C(=O)[C@H]12. The quantitative estimate of drug-likeness (QED) is 0.562. The van der Waals surface area contributed by atoms with Gasteiger partial charge in [0.1, 0.15) is 6.10 Å². The minimum atomic E-state index is -1.16. The zero-order valence-electron chi connectivity index (χ0n) is 16.9.